The Morgan fingerprint density at radius 3 is 1.77 bits per heavy atom. The summed E-state index contributed by atoms with van der Waals surface area (Å²) >= 11 is 1.18. The predicted octanol–water partition coefficient (Wildman–Crippen LogP) is 4.35. The smallest absolute Gasteiger partial charge is 0.336 e. The van der Waals surface area contributed by atoms with Crippen LogP contribution in [0.4, 0.5) is 46.3 Å². The van der Waals surface area contributed by atoms with Crippen LogP contribution in [0.1, 0.15) is 157 Å². The van der Waals surface area contributed by atoms with Crippen molar-refractivity contribution < 1.29 is 81.8 Å². The number of anilines is 8. The highest BCUT2D eigenvalue weighted by molar-refractivity contribution is 7.98. The van der Waals surface area contributed by atoms with E-state index in [1.54, 1.807) is 56.3 Å². The quantitative estimate of drug-likeness (QED) is 0.0239. The number of thioether (sulfide) groups is 1. The molecule has 0 saturated carbocycles. The molecule has 7 atom stereocenters. The number of phenols is 1. The van der Waals surface area contributed by atoms with E-state index in [1.807, 2.05) is 23.6 Å². The molecule has 6 aliphatic rings. The highest BCUT2D eigenvalue weighted by Crippen LogP contribution is 2.43. The molecule has 0 radical (unpaired) electrons. The highest BCUT2D eigenvalue weighted by Gasteiger charge is 2.37. The van der Waals surface area contributed by atoms with Crippen LogP contribution in [0.2, 0.25) is 0 Å². The molecule has 5 aromatic carbocycles. The van der Waals surface area contributed by atoms with Crippen molar-refractivity contribution in [3.8, 4) is 28.2 Å². The summed E-state index contributed by atoms with van der Waals surface area (Å²) in [6.07, 6.45) is 4.25. The van der Waals surface area contributed by atoms with Crippen molar-refractivity contribution in [2.24, 2.45) is 46.6 Å². The van der Waals surface area contributed by atoms with E-state index in [0.29, 0.717) is 79.3 Å². The molecule has 2 bridgehead atoms. The Morgan fingerprint density at radius 1 is 0.576 bits per heavy atom. The summed E-state index contributed by atoms with van der Waals surface area (Å²) in [5, 5.41) is 58.5. The maximum Gasteiger partial charge on any atom is 0.336 e. The molecule has 12 rings (SSSR count). The van der Waals surface area contributed by atoms with E-state index in [2.05, 4.69) is 69.1 Å². The van der Waals surface area contributed by atoms with Crippen LogP contribution in [0.5, 0.6) is 5.75 Å². The summed E-state index contributed by atoms with van der Waals surface area (Å²) in [5.41, 5.74) is 25.8. The number of fused-ring (bicyclic) bond motifs is 6. The van der Waals surface area contributed by atoms with E-state index >= 15 is 0 Å². The Kier molecular flexibility index (Phi) is 32.8. The van der Waals surface area contributed by atoms with Gasteiger partial charge >= 0.3 is 5.97 Å². The van der Waals surface area contributed by atoms with Gasteiger partial charge in [-0.2, -0.15) is 26.7 Å². The second-order valence-electron chi connectivity index (χ2n) is 33.2. The van der Waals surface area contributed by atoms with Crippen molar-refractivity contribution in [1.82, 2.24) is 57.5 Å². The summed E-state index contributed by atoms with van der Waals surface area (Å²) in [6.45, 7) is 7.22. The van der Waals surface area contributed by atoms with E-state index in [1.165, 1.54) is 78.5 Å². The first-order valence-corrected chi connectivity index (χ1v) is 45.1. The minimum Gasteiger partial charge on any atom is -0.508 e. The lowest BCUT2D eigenvalue weighted by atomic mass is 9.90. The number of nitrogens with zero attached hydrogens (tertiary/aromatic N) is 5. The zero-order chi connectivity index (χ0) is 94.6. The zero-order valence-electron chi connectivity index (χ0n) is 73.4. The number of aromatic carboxylic acids is 1. The van der Waals surface area contributed by atoms with Gasteiger partial charge in [0.05, 0.1) is 30.8 Å². The lowest BCUT2D eigenvalue weighted by Crippen LogP contribution is -2.56. The number of primary amides is 2. The van der Waals surface area contributed by atoms with Gasteiger partial charge in [0.25, 0.3) is 11.8 Å². The monoisotopic (exact) mass is 1830 g/mol. The van der Waals surface area contributed by atoms with Crippen molar-refractivity contribution >= 4 is 152 Å². The first kappa shape index (κ1) is 96.7. The number of nitrogens with two attached hydrogens (primary N) is 4. The number of hydrogen-bond donors (Lipinski definition) is 19. The molecule has 2 fully saturated rings. The first-order chi connectivity index (χ1) is 63.3. The number of hydrogen-bond acceptors (Lipinski definition) is 27. The Hall–Kier alpha value is -14.4. The van der Waals surface area contributed by atoms with E-state index in [0.717, 1.165) is 0 Å². The third-order valence-electron chi connectivity index (χ3n) is 23.8. The number of carbonyl (C=O) groups excluding carboxylic acids is 13. The van der Waals surface area contributed by atoms with Crippen LogP contribution in [-0.4, -0.2) is 203 Å². The fraction of sp³-hybridized carbons (Fsp3) is 0.407. The standard InChI is InChI=1S/C91H110N22O18S/c1-5-47(3)76-86(127)104-66(11-7-9-27-92)84(125)99-44-74(118)103-69(79(95)120)46-132-45-49-33-54(82(123)107-76)35-57(34-49)101-73(117)43-98-81(122)51-25-31-113(32-26-51)91-110-89(102-56-15-19-60(63(37-56)88(129)130)75-61-20-17-58(114)39-70(61)131-71-40-59(115)18-21-62(71)75)109-90(111-91)112-29-23-50(24-30-112)80(121)97-42-72(116)100-55-16-22-65-64(38-55)83(124)108-77(48(4)6-2)87(128)105-67(12-8-10-28-93)85(126)106-68-36-52(78(94)119)13-14-53(68)41-96-65/h13-22,33-40,47-48,50-51,66-67,69,76-77,96,114H,5-12,23-32,41-46,92-93H2,1-4H3,(H2,94,119)(H2,95,120)(H,97,121)(H,98,122)(H,99,125)(H,100,116)(H,101,117)(H,103,118)(H,104,127)(H,105,128)(H,106,126)(H,107,123)(H,108,124)(H,129,130)(H,102,109,110,111)/t47-,48-,66-,67-,69-,76-,77-/m0/s1. The van der Waals surface area contributed by atoms with Crippen molar-refractivity contribution in [2.45, 2.75) is 147 Å². The topological polar surface area (TPSA) is 615 Å². The van der Waals surface area contributed by atoms with Crippen LogP contribution in [-0.2, 0) is 60.2 Å². The lowest BCUT2D eigenvalue weighted by molar-refractivity contribution is -0.132. The Bertz CT molecular complexity index is 5740. The van der Waals surface area contributed by atoms with Crippen LogP contribution in [0.15, 0.2) is 118 Å². The average Bonchev–Trinajstić information content (AvgIpc) is 0.744. The molecule has 698 valence electrons. The Labute approximate surface area is 763 Å². The molecule has 2 saturated heterocycles. The third kappa shape index (κ3) is 25.0. The Morgan fingerprint density at radius 2 is 1.17 bits per heavy atom. The molecular formula is C91H110N22O18S. The van der Waals surface area contributed by atoms with E-state index < -0.39 is 156 Å². The summed E-state index contributed by atoms with van der Waals surface area (Å²) in [4.78, 5) is 223. The molecule has 13 amide bonds. The molecule has 6 aromatic rings. The van der Waals surface area contributed by atoms with Crippen molar-refractivity contribution in [1.29, 1.82) is 0 Å². The van der Waals surface area contributed by atoms with Gasteiger partial charge in [-0.3, -0.25) is 67.1 Å². The fourth-order valence-electron chi connectivity index (χ4n) is 16.0. The number of nitrogens with one attached hydrogen (secondary N) is 13. The minimum atomic E-state index is -1.32. The number of carboxylic acids is 1. The number of aromatic hydroxyl groups is 1. The van der Waals surface area contributed by atoms with Crippen molar-refractivity contribution in [3.05, 3.63) is 153 Å². The fourth-order valence-corrected chi connectivity index (χ4v) is 17.0. The molecule has 1 aliphatic carbocycles. The lowest BCUT2D eigenvalue weighted by Gasteiger charge is -2.34. The largest absolute Gasteiger partial charge is 0.508 e. The summed E-state index contributed by atoms with van der Waals surface area (Å²) in [5.74, 6) is -11.4. The van der Waals surface area contributed by atoms with Crippen LogP contribution < -0.4 is 107 Å². The molecule has 1 aromatic heterocycles. The molecule has 0 spiro atoms. The zero-order valence-corrected chi connectivity index (χ0v) is 74.3. The number of carbonyl (C=O) groups is 14. The summed E-state index contributed by atoms with van der Waals surface area (Å²) in [6, 6.07) is 21.0. The second kappa shape index (κ2) is 44.8. The van der Waals surface area contributed by atoms with Crippen LogP contribution in [0.3, 0.4) is 0 Å². The third-order valence-corrected chi connectivity index (χ3v) is 24.9. The van der Waals surface area contributed by atoms with Gasteiger partial charge in [0.1, 0.15) is 47.3 Å². The highest BCUT2D eigenvalue weighted by atomic mass is 32.2. The first-order valence-electron chi connectivity index (χ1n) is 43.9. The number of benzene rings is 6. The van der Waals surface area contributed by atoms with Gasteiger partial charge in [0.15, 0.2) is 5.43 Å². The second-order valence-corrected chi connectivity index (χ2v) is 34.2. The molecule has 40 nitrogen and oxygen atoms in total. The van der Waals surface area contributed by atoms with E-state index in [4.69, 9.17) is 42.3 Å². The molecule has 6 heterocycles. The molecular weight excluding hydrogens is 1720 g/mol. The molecule has 0 unspecified atom stereocenters. The number of amides is 13. The normalized spacial score (nSPS) is 18.6. The molecule has 5 aliphatic heterocycles. The molecule has 23 N–H and O–H groups in total. The average molecular weight is 1830 g/mol. The predicted molar refractivity (Wildman–Crippen MR) is 495 cm³/mol. The van der Waals surface area contributed by atoms with E-state index in [-0.39, 0.29) is 179 Å². The van der Waals surface area contributed by atoms with Gasteiger partial charge in [-0.1, -0.05) is 52.7 Å². The SMILES string of the molecule is CC[C@H](C)[C@@H]1NC(=O)c2cc(cc(NC(=O)CNC(=O)C3CCN(c4nc(Nc5ccc(-c6c7ccc(=O)cc-7oc7cc(O)ccc67)c(C(=O)O)c5)nc(N5CCC(C(=O)NCC(=O)Nc6ccc7c(c6)C(=O)N[C@@H]([C@@H](C)CC)C(=O)N[C@@H](CCCCN)C(=O)Nc6cc(C(N)=O)ccc6CN7)CC5)n4)CC3)c2)CSC[C@@H](C(N)=O)NC(=O)CNC(=O)[C@H](CCCCN)NC1=O. The van der Waals surface area contributed by atoms with Gasteiger partial charge in [-0.15, -0.1) is 0 Å². The van der Waals surface area contributed by atoms with Crippen LogP contribution >= 0.6 is 11.8 Å². The minimum absolute atomic E-state index is 0.0139. The van der Waals surface area contributed by atoms with Gasteiger partial charge in [0.2, 0.25) is 82.8 Å². The Balaban J connectivity index is 0.738. The van der Waals surface area contributed by atoms with Crippen LogP contribution in [0, 0.1) is 23.7 Å². The van der Waals surface area contributed by atoms with Crippen LogP contribution in [0.25, 0.3) is 33.4 Å². The van der Waals surface area contributed by atoms with Crippen molar-refractivity contribution in [2.75, 3.05) is 101 Å². The van der Waals surface area contributed by atoms with Gasteiger partial charge in [-0.25, -0.2) is 4.79 Å². The number of piperidine rings is 2. The summed E-state index contributed by atoms with van der Waals surface area (Å²) < 4.78 is 6.05. The maximum atomic E-state index is 14.6. The number of rotatable bonds is 28. The molecule has 41 heteroatoms. The van der Waals surface area contributed by atoms with Gasteiger partial charge in [0, 0.05) is 124 Å². The number of phenolic OH excluding ortho intramolecular Hbond substituents is 1. The van der Waals surface area contributed by atoms with Gasteiger partial charge < -0.3 is 116 Å². The number of carboxylic acid groups (broad SMARTS) is 1. The van der Waals surface area contributed by atoms with E-state index in [9.17, 15) is 82.1 Å². The van der Waals surface area contributed by atoms with Gasteiger partial charge in [-0.05, 0) is 191 Å². The van der Waals surface area contributed by atoms with Crippen molar-refractivity contribution in [3.63, 3.8) is 0 Å². The number of unbranched alkanes of at least 4 members (excludes halogenated alkanes) is 2. The molecule has 132 heavy (non-hydrogen) atoms. The summed E-state index contributed by atoms with van der Waals surface area (Å²) in [7, 11) is 0. The number of aromatic nitrogens is 3. The maximum absolute atomic E-state index is 14.6.